The fraction of sp³-hybridized carbons (Fsp3) is 0.529. The van der Waals surface area contributed by atoms with Crippen LogP contribution in [0.3, 0.4) is 0 Å². The lowest BCUT2D eigenvalue weighted by Crippen LogP contribution is -2.68. The maximum Gasteiger partial charge on any atom is 0.186 e. The van der Waals surface area contributed by atoms with Crippen molar-refractivity contribution in [3.8, 4) is 0 Å². The zero-order valence-electron chi connectivity index (χ0n) is 27.6. The van der Waals surface area contributed by atoms with Crippen LogP contribution in [-0.2, 0) is 18.9 Å². The van der Waals surface area contributed by atoms with E-state index >= 15 is 0 Å². The first kappa shape index (κ1) is 38.2. The zero-order chi connectivity index (χ0) is 35.9. The molecule has 14 atom stereocenters. The number of rotatable bonds is 6. The van der Waals surface area contributed by atoms with Gasteiger partial charge in [-0.25, -0.2) is 0 Å². The van der Waals surface area contributed by atoms with Crippen molar-refractivity contribution in [2.45, 2.75) is 98.4 Å². The molecule has 16 heteroatoms. The second-order valence-electron chi connectivity index (χ2n) is 12.9. The van der Waals surface area contributed by atoms with E-state index in [1.54, 1.807) is 0 Å². The van der Waals surface area contributed by atoms with Crippen LogP contribution in [-0.4, -0.2) is 134 Å². The highest BCUT2D eigenvalue weighted by atomic mass is 16.7. The number of hydrogen-bond donors (Lipinski definition) is 12. The van der Waals surface area contributed by atoms with Crippen molar-refractivity contribution in [2.75, 3.05) is 13.2 Å². The van der Waals surface area contributed by atoms with Crippen LogP contribution in [0.4, 0.5) is 0 Å². The van der Waals surface area contributed by atoms with Gasteiger partial charge >= 0.3 is 0 Å². The number of aliphatic hydroxyl groups is 5. The number of benzene rings is 2. The van der Waals surface area contributed by atoms with Crippen LogP contribution in [0.25, 0.3) is 21.8 Å². The first-order valence-electron chi connectivity index (χ1n) is 16.7. The molecule has 4 aromatic rings. The van der Waals surface area contributed by atoms with Gasteiger partial charge in [-0.1, -0.05) is 36.4 Å². The van der Waals surface area contributed by atoms with Crippen LogP contribution in [0.2, 0.25) is 0 Å². The molecule has 50 heavy (non-hydrogen) atoms. The van der Waals surface area contributed by atoms with E-state index in [2.05, 4.69) is 46.4 Å². The van der Waals surface area contributed by atoms with Crippen molar-refractivity contribution >= 4 is 21.8 Å². The molecule has 17 N–H and O–H groups in total. The molecule has 0 spiro atoms. The van der Waals surface area contributed by atoms with Crippen molar-refractivity contribution < 1.29 is 44.5 Å². The number of hydrogen-bond acceptors (Lipinski definition) is 14. The lowest BCUT2D eigenvalue weighted by molar-refractivity contribution is -0.314. The second-order valence-corrected chi connectivity index (χ2v) is 12.9. The van der Waals surface area contributed by atoms with Gasteiger partial charge in [-0.3, -0.25) is 0 Å². The van der Waals surface area contributed by atoms with E-state index in [4.69, 9.17) is 47.6 Å². The predicted molar refractivity (Wildman–Crippen MR) is 185 cm³/mol. The molecule has 2 aromatic carbocycles. The van der Waals surface area contributed by atoms with Crippen LogP contribution in [0.1, 0.15) is 12.8 Å². The van der Waals surface area contributed by atoms with E-state index in [9.17, 15) is 25.5 Å². The van der Waals surface area contributed by atoms with Gasteiger partial charge in [0.1, 0.15) is 36.6 Å². The fourth-order valence-electron chi connectivity index (χ4n) is 6.42. The van der Waals surface area contributed by atoms with Gasteiger partial charge < -0.3 is 83.1 Å². The van der Waals surface area contributed by atoms with Crippen molar-refractivity contribution in [3.63, 3.8) is 0 Å². The normalized spacial score (nSPS) is 37.4. The topological polar surface area (TPSA) is 300 Å². The minimum atomic E-state index is -1.44. The largest absolute Gasteiger partial charge is 0.394 e. The molecular formula is C34H51N7O9. The van der Waals surface area contributed by atoms with Gasteiger partial charge in [0.25, 0.3) is 0 Å². The zero-order valence-corrected chi connectivity index (χ0v) is 27.6. The molecule has 1 saturated carbocycles. The number of nitrogens with one attached hydrogen (secondary N) is 2. The SMILES string of the molecule is NC[C@H]1O[C@H](O[C@H]2[C@H](O)[C@@H](O[C@H]3O[C@H](CO)[C@@H](O)[C@H](N)[C@H]3O)[C@H](N)C[C@@H]2N)[C@H](N)C[C@@H]1O.c1ccc2[nH]ccc2c1.c1ccc2[nH]ccc2c1. The Morgan fingerprint density at radius 3 is 1.68 bits per heavy atom. The summed E-state index contributed by atoms with van der Waals surface area (Å²) in [6.45, 7) is -0.499. The number of ether oxygens (including phenoxy) is 4. The average molecular weight is 702 g/mol. The number of H-pyrrole nitrogens is 2. The molecule has 0 bridgehead atoms. The van der Waals surface area contributed by atoms with Crippen LogP contribution in [0.5, 0.6) is 0 Å². The third kappa shape index (κ3) is 8.87. The molecule has 3 aliphatic rings. The Labute approximate surface area is 289 Å². The molecule has 0 amide bonds. The highest BCUT2D eigenvalue weighted by Crippen LogP contribution is 2.30. The van der Waals surface area contributed by atoms with E-state index in [1.165, 1.54) is 21.8 Å². The van der Waals surface area contributed by atoms with Gasteiger partial charge in [0.15, 0.2) is 12.6 Å². The van der Waals surface area contributed by atoms with E-state index in [1.807, 2.05) is 36.7 Å². The molecule has 7 rings (SSSR count). The Morgan fingerprint density at radius 2 is 1.16 bits per heavy atom. The van der Waals surface area contributed by atoms with Crippen molar-refractivity contribution in [3.05, 3.63) is 73.1 Å². The summed E-state index contributed by atoms with van der Waals surface area (Å²) in [5.41, 5.74) is 32.2. The van der Waals surface area contributed by atoms with E-state index < -0.39 is 92.2 Å². The summed E-state index contributed by atoms with van der Waals surface area (Å²) in [4.78, 5) is 6.24. The number of aliphatic hydroxyl groups excluding tert-OH is 5. The summed E-state index contributed by atoms with van der Waals surface area (Å²) in [6, 6.07) is 17.3. The smallest absolute Gasteiger partial charge is 0.186 e. The molecule has 2 aliphatic heterocycles. The van der Waals surface area contributed by atoms with E-state index in [0.717, 1.165) is 0 Å². The number of para-hydroxylation sites is 2. The van der Waals surface area contributed by atoms with E-state index in [-0.39, 0.29) is 19.4 Å². The minimum Gasteiger partial charge on any atom is -0.394 e. The number of fused-ring (bicyclic) bond motifs is 2. The van der Waals surface area contributed by atoms with Gasteiger partial charge in [0.2, 0.25) is 0 Å². The van der Waals surface area contributed by atoms with Crippen molar-refractivity contribution in [2.24, 2.45) is 28.7 Å². The molecule has 2 saturated heterocycles. The predicted octanol–water partition coefficient (Wildman–Crippen LogP) is -1.96. The van der Waals surface area contributed by atoms with Crippen molar-refractivity contribution in [1.82, 2.24) is 9.97 Å². The molecule has 1 aliphatic carbocycles. The minimum absolute atomic E-state index is 0.0542. The lowest BCUT2D eigenvalue weighted by atomic mass is 9.84. The highest BCUT2D eigenvalue weighted by Gasteiger charge is 2.50. The van der Waals surface area contributed by atoms with Crippen molar-refractivity contribution in [1.29, 1.82) is 0 Å². The van der Waals surface area contributed by atoms with E-state index in [0.29, 0.717) is 0 Å². The third-order valence-electron chi connectivity index (χ3n) is 9.34. The quantitative estimate of drug-likeness (QED) is 0.104. The van der Waals surface area contributed by atoms with Crippen LogP contribution in [0.15, 0.2) is 73.1 Å². The summed E-state index contributed by atoms with van der Waals surface area (Å²) < 4.78 is 22.7. The molecule has 0 radical (unpaired) electrons. The monoisotopic (exact) mass is 701 g/mol. The summed E-state index contributed by atoms with van der Waals surface area (Å²) in [7, 11) is 0. The number of nitrogens with two attached hydrogens (primary N) is 5. The number of aromatic amines is 2. The molecular weight excluding hydrogens is 650 g/mol. The number of aromatic nitrogens is 2. The Balaban J connectivity index is 0.000000214. The summed E-state index contributed by atoms with van der Waals surface area (Å²) in [5, 5.41) is 53.3. The fourth-order valence-corrected chi connectivity index (χ4v) is 6.42. The van der Waals surface area contributed by atoms with Crippen LogP contribution in [0, 0.1) is 0 Å². The highest BCUT2D eigenvalue weighted by molar-refractivity contribution is 5.79. The molecule has 3 fully saturated rings. The van der Waals surface area contributed by atoms with Gasteiger partial charge in [0, 0.05) is 42.1 Å². The van der Waals surface area contributed by atoms with Gasteiger partial charge in [0.05, 0.1) is 30.9 Å². The third-order valence-corrected chi connectivity index (χ3v) is 9.34. The molecule has 2 aromatic heterocycles. The molecule has 16 nitrogen and oxygen atoms in total. The lowest BCUT2D eigenvalue weighted by Gasteiger charge is -2.47. The Hall–Kier alpha value is -3.04. The summed E-state index contributed by atoms with van der Waals surface area (Å²) >= 11 is 0. The molecule has 4 heterocycles. The summed E-state index contributed by atoms with van der Waals surface area (Å²) in [6.07, 6.45) is -6.87. The van der Waals surface area contributed by atoms with Crippen LogP contribution >= 0.6 is 0 Å². The van der Waals surface area contributed by atoms with Gasteiger partial charge in [-0.05, 0) is 47.9 Å². The van der Waals surface area contributed by atoms with Gasteiger partial charge in [-0.15, -0.1) is 0 Å². The first-order chi connectivity index (χ1) is 24.0. The second kappa shape index (κ2) is 17.5. The molecule has 0 unspecified atom stereocenters. The maximum absolute atomic E-state index is 11.0. The van der Waals surface area contributed by atoms with Crippen LogP contribution < -0.4 is 28.7 Å². The molecule has 276 valence electrons. The first-order valence-corrected chi connectivity index (χ1v) is 16.7. The maximum atomic E-state index is 11.0. The Morgan fingerprint density at radius 1 is 0.640 bits per heavy atom. The summed E-state index contributed by atoms with van der Waals surface area (Å²) in [5.74, 6) is 0. The standard InChI is InChI=1S/C18H37N5O9.2C8H7N/c19-3-9-8(25)2-7(22)17(29-9)31-15-5(20)1-6(21)16(14(15)28)32-18-13(27)11(23)12(26)10(4-24)30-18;2*1-2-4-8-7(3-1)5-6-9-8/h5-18,24-28H,1-4,19-23H2;2*1-6,9H/t5-,6+,7+,8-,9+,10+,11-,12+,13+,14-,15+,16-,17+,18+;;/m0../s1. The Kier molecular flexibility index (Phi) is 13.3. The Bertz CT molecular complexity index is 1470. The van der Waals surface area contributed by atoms with Gasteiger partial charge in [-0.2, -0.15) is 0 Å². The average Bonchev–Trinajstić information content (AvgIpc) is 3.80.